The highest BCUT2D eigenvalue weighted by Gasteiger charge is 2.17. The summed E-state index contributed by atoms with van der Waals surface area (Å²) in [5.41, 5.74) is 0.268. The molecule has 0 unspecified atom stereocenters. The van der Waals surface area contributed by atoms with Gasteiger partial charge in [0.25, 0.3) is 5.91 Å². The Bertz CT molecular complexity index is 513. The van der Waals surface area contributed by atoms with Crippen LogP contribution in [0.5, 0.6) is 0 Å². The fraction of sp³-hybridized carbons (Fsp3) is 0.706. The minimum absolute atomic E-state index is 0.211. The van der Waals surface area contributed by atoms with Crippen molar-refractivity contribution in [2.45, 2.75) is 52.4 Å². The molecule has 1 aromatic rings. The predicted molar refractivity (Wildman–Crippen MR) is 94.1 cm³/mol. The zero-order chi connectivity index (χ0) is 16.7. The third-order valence-corrected chi connectivity index (χ3v) is 4.82. The maximum atomic E-state index is 12.3. The highest BCUT2D eigenvalue weighted by atomic mass is 35.5. The molecule has 0 bridgehead atoms. The standard InChI is InChI=1S/C17H27ClN4O/c1-3-22(4-2)17-20-12-14(18)15(21-17)16(23)19-11-7-10-13-8-5-6-9-13/h12-13H,3-11H2,1-2H3,(H,19,23). The topological polar surface area (TPSA) is 58.1 Å². The molecule has 1 fully saturated rings. The average Bonchev–Trinajstić information content (AvgIpc) is 3.07. The lowest BCUT2D eigenvalue weighted by Gasteiger charge is -2.19. The minimum Gasteiger partial charge on any atom is -0.351 e. The molecular weight excluding hydrogens is 312 g/mol. The number of amides is 1. The lowest BCUT2D eigenvalue weighted by Crippen LogP contribution is -2.29. The Kier molecular flexibility index (Phi) is 7.09. The SMILES string of the molecule is CCN(CC)c1ncc(Cl)c(C(=O)NCCCC2CCCC2)n1. The number of nitrogens with one attached hydrogen (secondary N) is 1. The summed E-state index contributed by atoms with van der Waals surface area (Å²) in [6.45, 7) is 6.33. The van der Waals surface area contributed by atoms with Crippen molar-refractivity contribution in [1.82, 2.24) is 15.3 Å². The maximum absolute atomic E-state index is 12.3. The smallest absolute Gasteiger partial charge is 0.271 e. The van der Waals surface area contributed by atoms with E-state index >= 15 is 0 Å². The van der Waals surface area contributed by atoms with Crippen molar-refractivity contribution < 1.29 is 4.79 Å². The van der Waals surface area contributed by atoms with Crippen molar-refractivity contribution in [3.8, 4) is 0 Å². The van der Waals surface area contributed by atoms with Gasteiger partial charge in [0.15, 0.2) is 5.69 Å². The van der Waals surface area contributed by atoms with Gasteiger partial charge in [-0.1, -0.05) is 37.3 Å². The van der Waals surface area contributed by atoms with Crippen LogP contribution in [-0.2, 0) is 0 Å². The summed E-state index contributed by atoms with van der Waals surface area (Å²) in [4.78, 5) is 22.9. The largest absolute Gasteiger partial charge is 0.351 e. The molecule has 5 nitrogen and oxygen atoms in total. The normalized spacial score (nSPS) is 14.9. The fourth-order valence-corrected chi connectivity index (χ4v) is 3.33. The lowest BCUT2D eigenvalue weighted by atomic mass is 10.0. The number of hydrogen-bond donors (Lipinski definition) is 1. The molecule has 0 saturated heterocycles. The molecule has 0 radical (unpaired) electrons. The molecule has 0 aliphatic heterocycles. The third-order valence-electron chi connectivity index (χ3n) is 4.54. The first kappa shape index (κ1) is 18.0. The average molecular weight is 339 g/mol. The zero-order valence-corrected chi connectivity index (χ0v) is 14.9. The van der Waals surface area contributed by atoms with E-state index < -0.39 is 0 Å². The monoisotopic (exact) mass is 338 g/mol. The van der Waals surface area contributed by atoms with Gasteiger partial charge >= 0.3 is 0 Å². The summed E-state index contributed by atoms with van der Waals surface area (Å²) in [6, 6.07) is 0. The first-order valence-corrected chi connectivity index (χ1v) is 9.09. The van der Waals surface area contributed by atoms with Gasteiger partial charge in [-0.3, -0.25) is 4.79 Å². The van der Waals surface area contributed by atoms with Crippen LogP contribution in [0.3, 0.4) is 0 Å². The Balaban J connectivity index is 1.88. The van der Waals surface area contributed by atoms with E-state index in [2.05, 4.69) is 15.3 Å². The molecule has 0 aromatic carbocycles. The molecule has 0 spiro atoms. The quantitative estimate of drug-likeness (QED) is 0.735. The van der Waals surface area contributed by atoms with E-state index in [1.807, 2.05) is 18.7 Å². The van der Waals surface area contributed by atoms with Crippen LogP contribution in [0.4, 0.5) is 5.95 Å². The molecule has 128 valence electrons. The van der Waals surface area contributed by atoms with Gasteiger partial charge in [-0.05, 0) is 32.6 Å². The van der Waals surface area contributed by atoms with E-state index in [1.165, 1.54) is 38.3 Å². The molecule has 1 aliphatic carbocycles. The number of aromatic nitrogens is 2. The molecule has 1 aliphatic rings. The molecule has 0 atom stereocenters. The zero-order valence-electron chi connectivity index (χ0n) is 14.1. The van der Waals surface area contributed by atoms with Crippen LogP contribution >= 0.6 is 11.6 Å². The van der Waals surface area contributed by atoms with E-state index in [-0.39, 0.29) is 11.6 Å². The number of carbonyl (C=O) groups excluding carboxylic acids is 1. The van der Waals surface area contributed by atoms with Gasteiger partial charge in [-0.15, -0.1) is 0 Å². The van der Waals surface area contributed by atoms with E-state index in [1.54, 1.807) is 0 Å². The van der Waals surface area contributed by atoms with Gasteiger partial charge in [-0.2, -0.15) is 0 Å². The van der Waals surface area contributed by atoms with Crippen LogP contribution in [0.25, 0.3) is 0 Å². The highest BCUT2D eigenvalue weighted by Crippen LogP contribution is 2.28. The molecule has 1 heterocycles. The van der Waals surface area contributed by atoms with Crippen molar-refractivity contribution in [1.29, 1.82) is 0 Å². The number of halogens is 1. The van der Waals surface area contributed by atoms with Crippen LogP contribution in [-0.4, -0.2) is 35.5 Å². The van der Waals surface area contributed by atoms with Crippen molar-refractivity contribution in [2.24, 2.45) is 5.92 Å². The maximum Gasteiger partial charge on any atom is 0.271 e. The summed E-state index contributed by atoms with van der Waals surface area (Å²) in [6.07, 6.45) is 9.14. The molecule has 2 rings (SSSR count). The molecule has 23 heavy (non-hydrogen) atoms. The van der Waals surface area contributed by atoms with Crippen LogP contribution in [0, 0.1) is 5.92 Å². The van der Waals surface area contributed by atoms with Crippen LogP contribution in [0.1, 0.15) is 62.9 Å². The van der Waals surface area contributed by atoms with Crippen molar-refractivity contribution >= 4 is 23.5 Å². The van der Waals surface area contributed by atoms with Gasteiger partial charge in [0.2, 0.25) is 5.95 Å². The van der Waals surface area contributed by atoms with Crippen LogP contribution in [0.2, 0.25) is 5.02 Å². The second-order valence-electron chi connectivity index (χ2n) is 6.09. The summed E-state index contributed by atoms with van der Waals surface area (Å²) < 4.78 is 0. The van der Waals surface area contributed by atoms with Gasteiger partial charge < -0.3 is 10.2 Å². The molecule has 1 N–H and O–H groups in total. The van der Waals surface area contributed by atoms with Gasteiger partial charge in [0.05, 0.1) is 11.2 Å². The third kappa shape index (κ3) is 5.06. The highest BCUT2D eigenvalue weighted by molar-refractivity contribution is 6.33. The first-order valence-electron chi connectivity index (χ1n) is 8.71. The number of rotatable bonds is 8. The number of nitrogens with zero attached hydrogens (tertiary/aromatic N) is 3. The fourth-order valence-electron chi connectivity index (χ4n) is 3.15. The molecule has 6 heteroatoms. The van der Waals surface area contributed by atoms with Gasteiger partial charge in [0, 0.05) is 19.6 Å². The summed E-state index contributed by atoms with van der Waals surface area (Å²) in [5.74, 6) is 1.19. The second kappa shape index (κ2) is 9.06. The summed E-state index contributed by atoms with van der Waals surface area (Å²) in [7, 11) is 0. The number of hydrogen-bond acceptors (Lipinski definition) is 4. The summed E-state index contributed by atoms with van der Waals surface area (Å²) in [5, 5.41) is 3.23. The van der Waals surface area contributed by atoms with E-state index in [4.69, 9.17) is 11.6 Å². The molecule has 1 amide bonds. The predicted octanol–water partition coefficient (Wildman–Crippen LogP) is 3.68. The van der Waals surface area contributed by atoms with Crippen LogP contribution in [0.15, 0.2) is 6.20 Å². The minimum atomic E-state index is -0.211. The Labute approximate surface area is 143 Å². The van der Waals surface area contributed by atoms with Crippen LogP contribution < -0.4 is 10.2 Å². The van der Waals surface area contributed by atoms with Gasteiger partial charge in [0.1, 0.15) is 0 Å². The number of anilines is 1. The Hall–Kier alpha value is -1.36. The van der Waals surface area contributed by atoms with Crippen molar-refractivity contribution in [2.75, 3.05) is 24.5 Å². The molecule has 1 saturated carbocycles. The Morgan fingerprint density at radius 1 is 1.35 bits per heavy atom. The molecular formula is C17H27ClN4O. The second-order valence-corrected chi connectivity index (χ2v) is 6.49. The Morgan fingerprint density at radius 2 is 2.04 bits per heavy atom. The first-order chi connectivity index (χ1) is 11.2. The van der Waals surface area contributed by atoms with E-state index in [0.717, 1.165) is 25.4 Å². The Morgan fingerprint density at radius 3 is 2.70 bits per heavy atom. The van der Waals surface area contributed by atoms with Gasteiger partial charge in [-0.25, -0.2) is 9.97 Å². The number of carbonyl (C=O) groups is 1. The summed E-state index contributed by atoms with van der Waals surface area (Å²) >= 11 is 6.09. The molecule has 1 aromatic heterocycles. The van der Waals surface area contributed by atoms with E-state index in [9.17, 15) is 4.79 Å². The van der Waals surface area contributed by atoms with Crippen molar-refractivity contribution in [3.63, 3.8) is 0 Å². The van der Waals surface area contributed by atoms with Crippen molar-refractivity contribution in [3.05, 3.63) is 16.9 Å². The lowest BCUT2D eigenvalue weighted by molar-refractivity contribution is 0.0947. The van der Waals surface area contributed by atoms with E-state index in [0.29, 0.717) is 17.5 Å².